The fraction of sp³-hybridized carbons (Fsp3) is 0.800. The third-order valence-electron chi connectivity index (χ3n) is 3.83. The van der Waals surface area contributed by atoms with E-state index in [9.17, 15) is 14.4 Å². The highest BCUT2D eigenvalue weighted by Gasteiger charge is 2.42. The van der Waals surface area contributed by atoms with E-state index in [2.05, 4.69) is 12.2 Å². The fourth-order valence-electron chi connectivity index (χ4n) is 2.37. The van der Waals surface area contributed by atoms with Gasteiger partial charge in [0.2, 0.25) is 11.8 Å². The van der Waals surface area contributed by atoms with Gasteiger partial charge in [0.05, 0.1) is 0 Å². The van der Waals surface area contributed by atoms with Gasteiger partial charge >= 0.3 is 0 Å². The summed E-state index contributed by atoms with van der Waals surface area (Å²) in [6, 6.07) is 0. The number of carbonyl (C=O) groups excluding carboxylic acids is 3. The van der Waals surface area contributed by atoms with Crippen molar-refractivity contribution in [2.45, 2.75) is 71.3 Å². The van der Waals surface area contributed by atoms with Crippen LogP contribution in [0.1, 0.15) is 65.7 Å². The molecule has 5 nitrogen and oxygen atoms in total. The van der Waals surface area contributed by atoms with E-state index in [0.29, 0.717) is 6.42 Å². The first-order valence-electron chi connectivity index (χ1n) is 7.54. The number of unbranched alkanes of at least 4 members (excludes halogenated alkanes) is 5. The maximum atomic E-state index is 12.2. The minimum atomic E-state index is -0.937. The lowest BCUT2D eigenvalue weighted by molar-refractivity contribution is -0.155. The molecule has 1 N–H and O–H groups in total. The Balaban J connectivity index is 2.41. The van der Waals surface area contributed by atoms with E-state index in [1.807, 2.05) is 0 Å². The number of hydrogen-bond acceptors (Lipinski definition) is 3. The predicted octanol–water partition coefficient (Wildman–Crippen LogP) is 2.00. The Labute approximate surface area is 121 Å². The molecule has 0 atom stereocenters. The first-order chi connectivity index (χ1) is 9.39. The molecule has 1 heterocycles. The molecule has 1 aliphatic heterocycles. The van der Waals surface area contributed by atoms with E-state index < -0.39 is 17.4 Å². The van der Waals surface area contributed by atoms with Crippen molar-refractivity contribution in [1.29, 1.82) is 0 Å². The van der Waals surface area contributed by atoms with Gasteiger partial charge in [0, 0.05) is 6.42 Å². The minimum Gasteiger partial charge on any atom is -0.319 e. The van der Waals surface area contributed by atoms with Crippen molar-refractivity contribution in [1.82, 2.24) is 10.2 Å². The lowest BCUT2D eigenvalue weighted by Gasteiger charge is -2.40. The molecule has 0 spiro atoms. The summed E-state index contributed by atoms with van der Waals surface area (Å²) >= 11 is 0. The molecule has 0 aliphatic carbocycles. The van der Waals surface area contributed by atoms with Gasteiger partial charge in [-0.2, -0.15) is 0 Å². The number of imide groups is 1. The van der Waals surface area contributed by atoms with Gasteiger partial charge < -0.3 is 4.90 Å². The van der Waals surface area contributed by atoms with Crippen LogP contribution in [-0.2, 0) is 14.4 Å². The largest absolute Gasteiger partial charge is 0.319 e. The van der Waals surface area contributed by atoms with Gasteiger partial charge in [0.15, 0.2) is 0 Å². The molecule has 1 saturated heterocycles. The highest BCUT2D eigenvalue weighted by Crippen LogP contribution is 2.20. The topological polar surface area (TPSA) is 66.5 Å². The molecule has 3 amide bonds. The molecule has 1 fully saturated rings. The van der Waals surface area contributed by atoms with Crippen LogP contribution in [0, 0.1) is 0 Å². The molecule has 114 valence electrons. The highest BCUT2D eigenvalue weighted by molar-refractivity contribution is 6.06. The smallest absolute Gasteiger partial charge is 0.252 e. The van der Waals surface area contributed by atoms with Crippen LogP contribution in [0.4, 0.5) is 0 Å². The Bertz CT molecular complexity index is 377. The van der Waals surface area contributed by atoms with Crippen molar-refractivity contribution in [2.75, 3.05) is 6.54 Å². The Hall–Kier alpha value is -1.39. The summed E-state index contributed by atoms with van der Waals surface area (Å²) in [5.41, 5.74) is -0.937. The number of piperazine rings is 1. The quantitative estimate of drug-likeness (QED) is 0.573. The molecule has 0 bridgehead atoms. The number of rotatable bonds is 7. The van der Waals surface area contributed by atoms with Crippen molar-refractivity contribution in [3.63, 3.8) is 0 Å². The molecular weight excluding hydrogens is 256 g/mol. The number of amides is 3. The van der Waals surface area contributed by atoms with E-state index in [4.69, 9.17) is 0 Å². The fourth-order valence-corrected chi connectivity index (χ4v) is 2.37. The molecule has 0 aromatic rings. The third-order valence-corrected chi connectivity index (χ3v) is 3.83. The van der Waals surface area contributed by atoms with Gasteiger partial charge in [-0.25, -0.2) is 0 Å². The minimum absolute atomic E-state index is 0.0204. The average Bonchev–Trinajstić information content (AvgIpc) is 2.38. The Morgan fingerprint density at radius 3 is 2.40 bits per heavy atom. The lowest BCUT2D eigenvalue weighted by Crippen LogP contribution is -2.65. The third kappa shape index (κ3) is 4.32. The van der Waals surface area contributed by atoms with Crippen LogP contribution in [0.5, 0.6) is 0 Å². The zero-order valence-electron chi connectivity index (χ0n) is 12.8. The molecule has 1 aliphatic rings. The second-order valence-electron chi connectivity index (χ2n) is 5.93. The number of nitrogens with one attached hydrogen (secondary N) is 1. The van der Waals surface area contributed by atoms with Crippen molar-refractivity contribution >= 4 is 17.7 Å². The van der Waals surface area contributed by atoms with Crippen molar-refractivity contribution in [3.05, 3.63) is 0 Å². The van der Waals surface area contributed by atoms with E-state index in [1.165, 1.54) is 24.2 Å². The Morgan fingerprint density at radius 1 is 1.15 bits per heavy atom. The molecular formula is C15H26N2O3. The first-order valence-corrected chi connectivity index (χ1v) is 7.54. The SMILES string of the molecule is CCCCCCCCC(=O)N1CC(=O)NC(=O)C1(C)C. The Morgan fingerprint density at radius 2 is 1.75 bits per heavy atom. The van der Waals surface area contributed by atoms with Crippen LogP contribution in [0.3, 0.4) is 0 Å². The zero-order chi connectivity index (χ0) is 15.2. The van der Waals surface area contributed by atoms with Crippen LogP contribution in [0.15, 0.2) is 0 Å². The monoisotopic (exact) mass is 282 g/mol. The van der Waals surface area contributed by atoms with E-state index in [-0.39, 0.29) is 12.5 Å². The van der Waals surface area contributed by atoms with Gasteiger partial charge in [-0.3, -0.25) is 19.7 Å². The zero-order valence-corrected chi connectivity index (χ0v) is 12.8. The van der Waals surface area contributed by atoms with Crippen LogP contribution >= 0.6 is 0 Å². The van der Waals surface area contributed by atoms with Crippen LogP contribution in [0.25, 0.3) is 0 Å². The lowest BCUT2D eigenvalue weighted by atomic mass is 9.97. The van der Waals surface area contributed by atoms with Crippen LogP contribution in [0.2, 0.25) is 0 Å². The summed E-state index contributed by atoms with van der Waals surface area (Å²) in [6.45, 7) is 5.50. The standard InChI is InChI=1S/C15H26N2O3/c1-4-5-6-7-8-9-10-13(19)17-11-12(18)16-14(20)15(17,2)3/h4-11H2,1-3H3,(H,16,18,20). The van der Waals surface area contributed by atoms with Crippen LogP contribution in [-0.4, -0.2) is 34.7 Å². The Kier molecular flexibility index (Phi) is 6.17. The highest BCUT2D eigenvalue weighted by atomic mass is 16.2. The maximum Gasteiger partial charge on any atom is 0.252 e. The van der Waals surface area contributed by atoms with Gasteiger partial charge in [-0.1, -0.05) is 39.0 Å². The van der Waals surface area contributed by atoms with Crippen molar-refractivity contribution in [3.8, 4) is 0 Å². The molecule has 0 saturated carbocycles. The molecule has 1 rings (SSSR count). The normalized spacial score (nSPS) is 18.1. The summed E-state index contributed by atoms with van der Waals surface area (Å²) < 4.78 is 0. The van der Waals surface area contributed by atoms with Gasteiger partial charge in [-0.05, 0) is 20.3 Å². The molecule has 20 heavy (non-hydrogen) atoms. The maximum absolute atomic E-state index is 12.2. The summed E-state index contributed by atoms with van der Waals surface area (Å²) in [5.74, 6) is -0.899. The van der Waals surface area contributed by atoms with E-state index in [1.54, 1.807) is 13.8 Å². The molecule has 0 unspecified atom stereocenters. The summed E-state index contributed by atoms with van der Waals surface area (Å²) in [5, 5.41) is 2.27. The van der Waals surface area contributed by atoms with E-state index in [0.717, 1.165) is 19.3 Å². The van der Waals surface area contributed by atoms with Crippen molar-refractivity contribution in [2.24, 2.45) is 0 Å². The summed E-state index contributed by atoms with van der Waals surface area (Å²) in [6.07, 6.45) is 7.06. The van der Waals surface area contributed by atoms with Crippen LogP contribution < -0.4 is 5.32 Å². The number of nitrogens with zero attached hydrogens (tertiary/aromatic N) is 1. The first kappa shape index (κ1) is 16.7. The van der Waals surface area contributed by atoms with E-state index >= 15 is 0 Å². The second kappa shape index (κ2) is 7.41. The van der Waals surface area contributed by atoms with Gasteiger partial charge in [0.1, 0.15) is 12.1 Å². The molecule has 0 aromatic carbocycles. The number of hydrogen-bond donors (Lipinski definition) is 1. The van der Waals surface area contributed by atoms with Gasteiger partial charge in [-0.15, -0.1) is 0 Å². The summed E-state index contributed by atoms with van der Waals surface area (Å²) in [4.78, 5) is 36.8. The molecule has 5 heteroatoms. The molecule has 0 radical (unpaired) electrons. The van der Waals surface area contributed by atoms with Crippen molar-refractivity contribution < 1.29 is 14.4 Å². The summed E-state index contributed by atoms with van der Waals surface area (Å²) in [7, 11) is 0. The predicted molar refractivity (Wildman–Crippen MR) is 76.9 cm³/mol. The number of carbonyl (C=O) groups is 3. The average molecular weight is 282 g/mol. The van der Waals surface area contributed by atoms with Gasteiger partial charge in [0.25, 0.3) is 5.91 Å². The molecule has 0 aromatic heterocycles. The second-order valence-corrected chi connectivity index (χ2v) is 5.93.